The SMILES string of the molecule is O=C(c1cn(Cc2ccc(F)cc2)nn1)N1CCC(OCc2ccccc2)CC1. The van der Waals surface area contributed by atoms with Crippen LogP contribution in [-0.2, 0) is 17.9 Å². The Bertz CT molecular complexity index is 935. The summed E-state index contributed by atoms with van der Waals surface area (Å²) in [7, 11) is 0. The van der Waals surface area contributed by atoms with Crippen LogP contribution in [0, 0.1) is 5.82 Å². The summed E-state index contributed by atoms with van der Waals surface area (Å²) in [4.78, 5) is 14.5. The molecule has 0 aliphatic carbocycles. The van der Waals surface area contributed by atoms with Gasteiger partial charge in [0.1, 0.15) is 5.82 Å². The summed E-state index contributed by atoms with van der Waals surface area (Å²) in [6.45, 7) is 2.32. The molecule has 0 atom stereocenters. The molecule has 3 aromatic rings. The Morgan fingerprint density at radius 3 is 2.48 bits per heavy atom. The number of hydrogen-bond donors (Lipinski definition) is 0. The molecule has 0 radical (unpaired) electrons. The molecule has 0 unspecified atom stereocenters. The molecule has 2 aromatic carbocycles. The number of halogens is 1. The van der Waals surface area contributed by atoms with Gasteiger partial charge in [-0.3, -0.25) is 4.79 Å². The third-order valence-corrected chi connectivity index (χ3v) is 5.07. The van der Waals surface area contributed by atoms with Gasteiger partial charge in [0, 0.05) is 13.1 Å². The molecule has 0 bridgehead atoms. The molecule has 0 saturated carbocycles. The summed E-state index contributed by atoms with van der Waals surface area (Å²) in [5, 5.41) is 8.04. The molecule has 0 N–H and O–H groups in total. The van der Waals surface area contributed by atoms with Crippen molar-refractivity contribution in [3.63, 3.8) is 0 Å². The third kappa shape index (κ3) is 5.06. The molecule has 1 aliphatic heterocycles. The van der Waals surface area contributed by atoms with Crippen molar-refractivity contribution < 1.29 is 13.9 Å². The molecule has 7 heteroatoms. The number of ether oxygens (including phenoxy) is 1. The number of nitrogens with zero attached hydrogens (tertiary/aromatic N) is 4. The van der Waals surface area contributed by atoms with Crippen LogP contribution in [0.25, 0.3) is 0 Å². The van der Waals surface area contributed by atoms with E-state index >= 15 is 0 Å². The van der Waals surface area contributed by atoms with Crippen LogP contribution in [0.2, 0.25) is 0 Å². The average molecular weight is 394 g/mol. The van der Waals surface area contributed by atoms with E-state index in [9.17, 15) is 9.18 Å². The number of hydrogen-bond acceptors (Lipinski definition) is 4. The molecule has 150 valence electrons. The highest BCUT2D eigenvalue weighted by molar-refractivity contribution is 5.92. The second kappa shape index (κ2) is 8.96. The lowest BCUT2D eigenvalue weighted by Gasteiger charge is -2.31. The van der Waals surface area contributed by atoms with E-state index in [2.05, 4.69) is 10.3 Å². The standard InChI is InChI=1S/C22H23FN4O2/c23-19-8-6-17(7-9-19)14-27-15-21(24-25-27)22(28)26-12-10-20(11-13-26)29-16-18-4-2-1-3-5-18/h1-9,15,20H,10-14,16H2. The predicted octanol–water partition coefficient (Wildman–Crippen LogP) is 3.29. The lowest BCUT2D eigenvalue weighted by Crippen LogP contribution is -2.41. The van der Waals surface area contributed by atoms with Crippen LogP contribution in [0.15, 0.2) is 60.8 Å². The zero-order valence-corrected chi connectivity index (χ0v) is 16.1. The highest BCUT2D eigenvalue weighted by Crippen LogP contribution is 2.17. The molecule has 1 fully saturated rings. The fourth-order valence-electron chi connectivity index (χ4n) is 3.43. The van der Waals surface area contributed by atoms with Crippen molar-refractivity contribution in [3.05, 3.63) is 83.4 Å². The van der Waals surface area contributed by atoms with E-state index in [1.807, 2.05) is 30.3 Å². The smallest absolute Gasteiger partial charge is 0.276 e. The maximum Gasteiger partial charge on any atom is 0.276 e. The van der Waals surface area contributed by atoms with E-state index in [1.165, 1.54) is 12.1 Å². The summed E-state index contributed by atoms with van der Waals surface area (Å²) >= 11 is 0. The number of benzene rings is 2. The highest BCUT2D eigenvalue weighted by atomic mass is 19.1. The lowest BCUT2D eigenvalue weighted by molar-refractivity contribution is -0.000511. The molecule has 1 aromatic heterocycles. The molecule has 6 nitrogen and oxygen atoms in total. The normalized spacial score (nSPS) is 14.9. The Kier molecular flexibility index (Phi) is 5.95. The second-order valence-corrected chi connectivity index (χ2v) is 7.22. The minimum Gasteiger partial charge on any atom is -0.373 e. The molecule has 1 saturated heterocycles. The number of carbonyl (C=O) groups excluding carboxylic acids is 1. The van der Waals surface area contributed by atoms with E-state index in [-0.39, 0.29) is 17.8 Å². The van der Waals surface area contributed by atoms with Crippen LogP contribution in [-0.4, -0.2) is 45.0 Å². The van der Waals surface area contributed by atoms with Crippen molar-refractivity contribution in [2.45, 2.75) is 32.1 Å². The van der Waals surface area contributed by atoms with Gasteiger partial charge in [-0.1, -0.05) is 47.7 Å². The lowest BCUT2D eigenvalue weighted by atomic mass is 10.1. The van der Waals surface area contributed by atoms with Crippen LogP contribution >= 0.6 is 0 Å². The highest BCUT2D eigenvalue weighted by Gasteiger charge is 2.25. The van der Waals surface area contributed by atoms with Gasteiger partial charge >= 0.3 is 0 Å². The molecule has 29 heavy (non-hydrogen) atoms. The predicted molar refractivity (Wildman–Crippen MR) is 106 cm³/mol. The largest absolute Gasteiger partial charge is 0.373 e. The summed E-state index contributed by atoms with van der Waals surface area (Å²) in [5.41, 5.74) is 2.38. The van der Waals surface area contributed by atoms with Gasteiger partial charge in [0.15, 0.2) is 5.69 Å². The summed E-state index contributed by atoms with van der Waals surface area (Å²) in [6, 6.07) is 16.3. The quantitative estimate of drug-likeness (QED) is 0.644. The summed E-state index contributed by atoms with van der Waals surface area (Å²) in [5.74, 6) is -0.392. The van der Waals surface area contributed by atoms with E-state index in [0.29, 0.717) is 31.9 Å². The minimum absolute atomic E-state index is 0.114. The summed E-state index contributed by atoms with van der Waals surface area (Å²) < 4.78 is 20.6. The monoisotopic (exact) mass is 394 g/mol. The fourth-order valence-corrected chi connectivity index (χ4v) is 3.43. The van der Waals surface area contributed by atoms with E-state index in [4.69, 9.17) is 4.74 Å². The number of rotatable bonds is 6. The Morgan fingerprint density at radius 1 is 1.03 bits per heavy atom. The topological polar surface area (TPSA) is 60.2 Å². The van der Waals surface area contributed by atoms with E-state index < -0.39 is 0 Å². The van der Waals surface area contributed by atoms with Crippen LogP contribution in [0.4, 0.5) is 4.39 Å². The second-order valence-electron chi connectivity index (χ2n) is 7.22. The number of likely N-dealkylation sites (tertiary alicyclic amines) is 1. The molecule has 1 amide bonds. The number of aromatic nitrogens is 3. The first-order valence-electron chi connectivity index (χ1n) is 9.77. The molecular weight excluding hydrogens is 371 g/mol. The Labute approximate surface area is 168 Å². The van der Waals surface area contributed by atoms with E-state index in [1.54, 1.807) is 27.9 Å². The first kappa shape index (κ1) is 19.3. The maximum atomic E-state index is 13.0. The van der Waals surface area contributed by atoms with Gasteiger partial charge in [-0.15, -0.1) is 5.10 Å². The van der Waals surface area contributed by atoms with Gasteiger partial charge < -0.3 is 9.64 Å². The third-order valence-electron chi connectivity index (χ3n) is 5.07. The van der Waals surface area contributed by atoms with Crippen molar-refractivity contribution in [3.8, 4) is 0 Å². The van der Waals surface area contributed by atoms with Gasteiger partial charge in [0.05, 0.1) is 25.5 Å². The Balaban J connectivity index is 1.27. The van der Waals surface area contributed by atoms with Crippen molar-refractivity contribution in [1.29, 1.82) is 0 Å². The molecule has 2 heterocycles. The van der Waals surface area contributed by atoms with Gasteiger partial charge in [0.25, 0.3) is 5.91 Å². The van der Waals surface area contributed by atoms with Crippen molar-refractivity contribution in [2.24, 2.45) is 0 Å². The van der Waals surface area contributed by atoms with Crippen LogP contribution in [0.1, 0.15) is 34.5 Å². The van der Waals surface area contributed by atoms with E-state index in [0.717, 1.165) is 24.0 Å². The molecule has 0 spiro atoms. The molecule has 4 rings (SSSR count). The van der Waals surface area contributed by atoms with Gasteiger partial charge in [-0.05, 0) is 36.1 Å². The van der Waals surface area contributed by atoms with Crippen LogP contribution in [0.3, 0.4) is 0 Å². The van der Waals surface area contributed by atoms with Crippen molar-refractivity contribution in [2.75, 3.05) is 13.1 Å². The van der Waals surface area contributed by atoms with Crippen molar-refractivity contribution >= 4 is 5.91 Å². The summed E-state index contributed by atoms with van der Waals surface area (Å²) in [6.07, 6.45) is 3.42. The fraction of sp³-hybridized carbons (Fsp3) is 0.318. The zero-order valence-electron chi connectivity index (χ0n) is 16.1. The average Bonchev–Trinajstić information content (AvgIpc) is 3.23. The van der Waals surface area contributed by atoms with Crippen molar-refractivity contribution in [1.82, 2.24) is 19.9 Å². The first-order chi connectivity index (χ1) is 14.2. The minimum atomic E-state index is -0.278. The number of amides is 1. The first-order valence-corrected chi connectivity index (χ1v) is 9.77. The molecule has 1 aliphatic rings. The number of carbonyl (C=O) groups is 1. The van der Waals surface area contributed by atoms with Crippen LogP contribution < -0.4 is 0 Å². The number of piperidine rings is 1. The van der Waals surface area contributed by atoms with Gasteiger partial charge in [0.2, 0.25) is 0 Å². The Morgan fingerprint density at radius 2 is 1.76 bits per heavy atom. The zero-order chi connectivity index (χ0) is 20.1. The Hall–Kier alpha value is -3.06. The van der Waals surface area contributed by atoms with Gasteiger partial charge in [-0.25, -0.2) is 9.07 Å². The molecular formula is C22H23FN4O2. The maximum absolute atomic E-state index is 13.0. The van der Waals surface area contributed by atoms with Crippen LogP contribution in [0.5, 0.6) is 0 Å². The van der Waals surface area contributed by atoms with Gasteiger partial charge in [-0.2, -0.15) is 0 Å².